The average Bonchev–Trinajstić information content (AvgIpc) is 3.00. The van der Waals surface area contributed by atoms with Crippen LogP contribution in [-0.4, -0.2) is 52.6 Å². The van der Waals surface area contributed by atoms with Gasteiger partial charge in [0.15, 0.2) is 17.0 Å². The molecule has 9 nitrogen and oxygen atoms in total. The molecule has 3 heterocycles. The van der Waals surface area contributed by atoms with Crippen LogP contribution in [0, 0.1) is 0 Å². The molecule has 0 saturated carbocycles. The first-order chi connectivity index (χ1) is 10.2. The van der Waals surface area contributed by atoms with Crippen LogP contribution in [0.3, 0.4) is 0 Å². The van der Waals surface area contributed by atoms with Crippen LogP contribution < -0.4 is 11.5 Å². The highest BCUT2D eigenvalue weighted by atomic mass is 16.6. The minimum Gasteiger partial charge on any atom is -0.382 e. The quantitative estimate of drug-likeness (QED) is 0.803. The largest absolute Gasteiger partial charge is 0.382 e. The predicted octanol–water partition coefficient (Wildman–Crippen LogP) is -0.0604. The molecule has 21 heavy (non-hydrogen) atoms. The molecule has 0 aliphatic carbocycles. The lowest BCUT2D eigenvalue weighted by molar-refractivity contribution is -0.0592. The zero-order valence-corrected chi connectivity index (χ0v) is 11.9. The Kier molecular flexibility index (Phi) is 3.62. The van der Waals surface area contributed by atoms with Crippen molar-refractivity contribution in [3.63, 3.8) is 0 Å². The number of rotatable bonds is 4. The van der Waals surface area contributed by atoms with Gasteiger partial charge in [-0.15, -0.1) is 0 Å². The van der Waals surface area contributed by atoms with E-state index in [0.717, 1.165) is 0 Å². The molecule has 3 atom stereocenters. The molecule has 9 heteroatoms. The van der Waals surface area contributed by atoms with Crippen LogP contribution >= 0.6 is 0 Å². The van der Waals surface area contributed by atoms with Gasteiger partial charge in [-0.25, -0.2) is 15.0 Å². The van der Waals surface area contributed by atoms with Gasteiger partial charge in [-0.1, -0.05) is 0 Å². The molecule has 0 spiro atoms. The fourth-order valence-corrected chi connectivity index (χ4v) is 2.65. The van der Waals surface area contributed by atoms with E-state index in [-0.39, 0.29) is 24.4 Å². The van der Waals surface area contributed by atoms with E-state index in [1.807, 2.05) is 0 Å². The SMILES string of the molecule is COCC1OC(n2c(N)nc3c(N)ncnc32)C[C@H]1OC. The van der Waals surface area contributed by atoms with Crippen molar-refractivity contribution >= 4 is 22.9 Å². The van der Waals surface area contributed by atoms with E-state index in [0.29, 0.717) is 30.0 Å². The van der Waals surface area contributed by atoms with Crippen LogP contribution in [0.25, 0.3) is 11.2 Å². The Hall–Kier alpha value is -1.97. The number of nitrogen functional groups attached to an aromatic ring is 2. The van der Waals surface area contributed by atoms with Crippen LogP contribution in [0.15, 0.2) is 6.33 Å². The number of aromatic nitrogens is 4. The maximum Gasteiger partial charge on any atom is 0.204 e. The Labute approximate surface area is 121 Å². The number of hydrogen-bond acceptors (Lipinski definition) is 8. The molecular formula is C12H18N6O3. The van der Waals surface area contributed by atoms with E-state index < -0.39 is 0 Å². The highest BCUT2D eigenvalue weighted by Gasteiger charge is 2.38. The van der Waals surface area contributed by atoms with E-state index >= 15 is 0 Å². The molecule has 0 bridgehead atoms. The molecule has 3 rings (SSSR count). The smallest absolute Gasteiger partial charge is 0.204 e. The molecule has 1 saturated heterocycles. The minimum atomic E-state index is -0.325. The summed E-state index contributed by atoms with van der Waals surface area (Å²) in [5.74, 6) is 0.579. The van der Waals surface area contributed by atoms with Crippen LogP contribution in [0.4, 0.5) is 11.8 Å². The summed E-state index contributed by atoms with van der Waals surface area (Å²) in [7, 11) is 3.27. The molecule has 1 aliphatic heterocycles. The molecule has 0 aromatic carbocycles. The molecule has 2 unspecified atom stereocenters. The van der Waals surface area contributed by atoms with Gasteiger partial charge in [-0.3, -0.25) is 4.57 Å². The van der Waals surface area contributed by atoms with Crippen molar-refractivity contribution in [1.29, 1.82) is 0 Å². The maximum atomic E-state index is 5.98. The number of nitrogens with zero attached hydrogens (tertiary/aromatic N) is 4. The van der Waals surface area contributed by atoms with E-state index in [4.69, 9.17) is 25.7 Å². The molecule has 4 N–H and O–H groups in total. The minimum absolute atomic E-state index is 0.0778. The van der Waals surface area contributed by atoms with Crippen molar-refractivity contribution < 1.29 is 14.2 Å². The monoisotopic (exact) mass is 294 g/mol. The molecule has 2 aromatic heterocycles. The first kappa shape index (κ1) is 14.0. The zero-order valence-electron chi connectivity index (χ0n) is 11.9. The van der Waals surface area contributed by atoms with Gasteiger partial charge < -0.3 is 25.7 Å². The molecule has 114 valence electrons. The average molecular weight is 294 g/mol. The van der Waals surface area contributed by atoms with Gasteiger partial charge in [-0.05, 0) is 0 Å². The fourth-order valence-electron chi connectivity index (χ4n) is 2.65. The summed E-state index contributed by atoms with van der Waals surface area (Å²) in [5.41, 5.74) is 12.8. The summed E-state index contributed by atoms with van der Waals surface area (Å²) < 4.78 is 18.3. The first-order valence-electron chi connectivity index (χ1n) is 6.56. The standard InChI is InChI=1S/C12H18N6O3/c1-19-4-7-6(20-2)3-8(21-7)18-11-9(17-12(18)14)10(13)15-5-16-11/h5-8H,3-4H2,1-2H3,(H2,14,17)(H2,13,15,16)/t6-,7?,8?/m1/s1. The van der Waals surface area contributed by atoms with E-state index in [1.54, 1.807) is 18.8 Å². The zero-order chi connectivity index (χ0) is 15.0. The molecular weight excluding hydrogens is 276 g/mol. The van der Waals surface area contributed by atoms with Crippen molar-refractivity contribution in [3.8, 4) is 0 Å². The Morgan fingerprint density at radius 2 is 2.19 bits per heavy atom. The first-order valence-corrected chi connectivity index (χ1v) is 6.56. The normalized spacial score (nSPS) is 25.7. The van der Waals surface area contributed by atoms with Crippen LogP contribution in [-0.2, 0) is 14.2 Å². The lowest BCUT2D eigenvalue weighted by atomic mass is 10.2. The summed E-state index contributed by atoms with van der Waals surface area (Å²) in [6.07, 6.45) is 1.44. The van der Waals surface area contributed by atoms with Gasteiger partial charge in [0.2, 0.25) is 5.95 Å². The highest BCUT2D eigenvalue weighted by molar-refractivity contribution is 5.83. The van der Waals surface area contributed by atoms with Gasteiger partial charge in [0.1, 0.15) is 18.7 Å². The summed E-state index contributed by atoms with van der Waals surface area (Å²) in [6.45, 7) is 0.443. The number of hydrogen-bond donors (Lipinski definition) is 2. The van der Waals surface area contributed by atoms with Crippen LogP contribution in [0.1, 0.15) is 12.6 Å². The molecule has 0 radical (unpaired) electrons. The second-order valence-electron chi connectivity index (χ2n) is 4.87. The third kappa shape index (κ3) is 2.28. The van der Waals surface area contributed by atoms with E-state index in [9.17, 15) is 0 Å². The molecule has 1 fully saturated rings. The number of methoxy groups -OCH3 is 2. The number of imidazole rings is 1. The summed E-state index contributed by atoms with van der Waals surface area (Å²) in [6, 6.07) is 0. The third-order valence-electron chi connectivity index (χ3n) is 3.63. The number of fused-ring (bicyclic) bond motifs is 1. The van der Waals surface area contributed by atoms with Gasteiger partial charge in [0.25, 0.3) is 0 Å². The second kappa shape index (κ2) is 5.43. The van der Waals surface area contributed by atoms with Gasteiger partial charge in [0, 0.05) is 20.6 Å². The second-order valence-corrected chi connectivity index (χ2v) is 4.87. The van der Waals surface area contributed by atoms with Crippen molar-refractivity contribution in [2.75, 3.05) is 32.3 Å². The van der Waals surface area contributed by atoms with Crippen molar-refractivity contribution in [2.24, 2.45) is 0 Å². The predicted molar refractivity (Wildman–Crippen MR) is 75.3 cm³/mol. The number of ether oxygens (including phenoxy) is 3. The lowest BCUT2D eigenvalue weighted by Crippen LogP contribution is -2.27. The molecule has 0 amide bonds. The number of anilines is 2. The van der Waals surface area contributed by atoms with Gasteiger partial charge in [0.05, 0.1) is 12.7 Å². The fraction of sp³-hybridized carbons (Fsp3) is 0.583. The van der Waals surface area contributed by atoms with Crippen molar-refractivity contribution in [1.82, 2.24) is 19.5 Å². The number of nitrogens with two attached hydrogens (primary N) is 2. The van der Waals surface area contributed by atoms with Crippen molar-refractivity contribution in [2.45, 2.75) is 24.9 Å². The maximum absolute atomic E-state index is 5.98. The summed E-state index contributed by atoms with van der Waals surface area (Å²) >= 11 is 0. The van der Waals surface area contributed by atoms with Crippen LogP contribution in [0.2, 0.25) is 0 Å². The molecule has 2 aromatic rings. The Morgan fingerprint density at radius 1 is 1.38 bits per heavy atom. The third-order valence-corrected chi connectivity index (χ3v) is 3.63. The van der Waals surface area contributed by atoms with E-state index in [1.165, 1.54) is 6.33 Å². The van der Waals surface area contributed by atoms with Gasteiger partial charge in [-0.2, -0.15) is 0 Å². The topological polar surface area (TPSA) is 123 Å². The van der Waals surface area contributed by atoms with Crippen molar-refractivity contribution in [3.05, 3.63) is 6.33 Å². The molecule has 1 aliphatic rings. The van der Waals surface area contributed by atoms with Crippen LogP contribution in [0.5, 0.6) is 0 Å². The van der Waals surface area contributed by atoms with E-state index in [2.05, 4.69) is 15.0 Å². The van der Waals surface area contributed by atoms with Gasteiger partial charge >= 0.3 is 0 Å². The highest BCUT2D eigenvalue weighted by Crippen LogP contribution is 2.34. The Balaban J connectivity index is 1.98. The Morgan fingerprint density at radius 3 is 2.90 bits per heavy atom. The Bertz CT molecular complexity index is 645. The summed E-state index contributed by atoms with van der Waals surface area (Å²) in [4.78, 5) is 12.3. The summed E-state index contributed by atoms with van der Waals surface area (Å²) in [5, 5.41) is 0. The lowest BCUT2D eigenvalue weighted by Gasteiger charge is -2.16.